The number of ether oxygens (including phenoxy) is 1. The van der Waals surface area contributed by atoms with Crippen LogP contribution in [0, 0.1) is 0 Å². The van der Waals surface area contributed by atoms with E-state index in [9.17, 15) is 4.79 Å². The van der Waals surface area contributed by atoms with E-state index < -0.39 is 0 Å². The Bertz CT molecular complexity index is 694. The molecule has 0 radical (unpaired) electrons. The summed E-state index contributed by atoms with van der Waals surface area (Å²) >= 11 is 3.40. The van der Waals surface area contributed by atoms with Gasteiger partial charge in [-0.05, 0) is 57.6 Å². The second kappa shape index (κ2) is 8.90. The predicted molar refractivity (Wildman–Crippen MR) is 106 cm³/mol. The lowest BCUT2D eigenvalue weighted by Crippen LogP contribution is -2.30. The van der Waals surface area contributed by atoms with Crippen LogP contribution in [0.5, 0.6) is 5.75 Å². The van der Waals surface area contributed by atoms with Gasteiger partial charge >= 0.3 is 6.03 Å². The van der Waals surface area contributed by atoms with Crippen molar-refractivity contribution in [1.29, 1.82) is 0 Å². The van der Waals surface area contributed by atoms with Crippen LogP contribution in [0.3, 0.4) is 0 Å². The molecule has 0 saturated heterocycles. The maximum Gasteiger partial charge on any atom is 0.319 e. The molecule has 0 aromatic heterocycles. The fourth-order valence-electron chi connectivity index (χ4n) is 2.24. The normalized spacial score (nSPS) is 11.0. The second-order valence-corrected chi connectivity index (χ2v) is 7.69. The van der Waals surface area contributed by atoms with Gasteiger partial charge in [0.1, 0.15) is 5.75 Å². The number of para-hydroxylation sites is 1. The number of rotatable bonds is 6. The summed E-state index contributed by atoms with van der Waals surface area (Å²) in [6.45, 7) is 7.68. The second-order valence-electron chi connectivity index (χ2n) is 6.84. The Labute approximate surface area is 158 Å². The quantitative estimate of drug-likeness (QED) is 0.638. The zero-order valence-corrected chi connectivity index (χ0v) is 16.5. The van der Waals surface area contributed by atoms with Gasteiger partial charge in [-0.25, -0.2) is 4.79 Å². The molecule has 25 heavy (non-hydrogen) atoms. The molecule has 0 aliphatic rings. The Hall–Kier alpha value is -2.01. The van der Waals surface area contributed by atoms with Crippen molar-refractivity contribution in [2.75, 3.05) is 18.5 Å². The number of carbonyl (C=O) groups excluding carboxylic acids is 1. The highest BCUT2D eigenvalue weighted by Gasteiger charge is 2.12. The summed E-state index contributed by atoms with van der Waals surface area (Å²) < 4.78 is 6.57. The molecule has 2 aromatic rings. The summed E-state index contributed by atoms with van der Waals surface area (Å²) in [5, 5.41) is 5.62. The number of urea groups is 1. The first-order valence-corrected chi connectivity index (χ1v) is 9.18. The van der Waals surface area contributed by atoms with Crippen LogP contribution in [0.25, 0.3) is 0 Å². The van der Waals surface area contributed by atoms with Gasteiger partial charge in [-0.15, -0.1) is 0 Å². The van der Waals surface area contributed by atoms with Crippen molar-refractivity contribution in [3.8, 4) is 5.75 Å². The maximum absolute atomic E-state index is 11.8. The molecular weight excluding hydrogens is 380 g/mol. The van der Waals surface area contributed by atoms with E-state index in [0.717, 1.165) is 22.3 Å². The van der Waals surface area contributed by atoms with Gasteiger partial charge in [0.25, 0.3) is 0 Å². The van der Waals surface area contributed by atoms with Crippen LogP contribution in [0.4, 0.5) is 10.5 Å². The monoisotopic (exact) mass is 404 g/mol. The Morgan fingerprint density at radius 3 is 2.40 bits per heavy atom. The van der Waals surface area contributed by atoms with E-state index in [1.807, 2.05) is 36.4 Å². The van der Waals surface area contributed by atoms with Crippen LogP contribution < -0.4 is 15.4 Å². The standard InChI is InChI=1S/C20H25BrN2O2/c1-20(2,3)15-9-11-16(12-10-15)25-14-6-13-22-19(24)23-18-8-5-4-7-17(18)21/h4-5,7-12H,6,13-14H2,1-3H3,(H2,22,23,24). The van der Waals surface area contributed by atoms with Gasteiger partial charge in [0.15, 0.2) is 0 Å². The number of amides is 2. The molecule has 2 N–H and O–H groups in total. The number of anilines is 1. The van der Waals surface area contributed by atoms with Crippen molar-refractivity contribution >= 4 is 27.6 Å². The Balaban J connectivity index is 1.66. The molecule has 134 valence electrons. The number of carbonyl (C=O) groups is 1. The first kappa shape index (κ1) is 19.3. The van der Waals surface area contributed by atoms with Gasteiger partial charge in [0.05, 0.1) is 12.3 Å². The zero-order chi connectivity index (χ0) is 18.3. The maximum atomic E-state index is 11.8. The fraction of sp³-hybridized carbons (Fsp3) is 0.350. The number of hydrogen-bond acceptors (Lipinski definition) is 2. The summed E-state index contributed by atoms with van der Waals surface area (Å²) in [5.74, 6) is 0.852. The summed E-state index contributed by atoms with van der Waals surface area (Å²) in [6, 6.07) is 15.5. The van der Waals surface area contributed by atoms with Gasteiger partial charge < -0.3 is 15.4 Å². The number of halogens is 1. The Kier molecular flexibility index (Phi) is 6.88. The third-order valence-corrected chi connectivity index (χ3v) is 4.41. The molecule has 0 aliphatic carbocycles. The van der Waals surface area contributed by atoms with Crippen LogP contribution in [-0.2, 0) is 5.41 Å². The molecule has 0 saturated carbocycles. The van der Waals surface area contributed by atoms with Crippen LogP contribution >= 0.6 is 15.9 Å². The molecule has 0 heterocycles. The average molecular weight is 405 g/mol. The van der Waals surface area contributed by atoms with Gasteiger partial charge in [-0.1, -0.05) is 45.0 Å². The molecule has 0 atom stereocenters. The molecule has 2 aromatic carbocycles. The molecule has 4 nitrogen and oxygen atoms in total. The van der Waals surface area contributed by atoms with Crippen molar-refractivity contribution in [2.45, 2.75) is 32.6 Å². The first-order valence-electron chi connectivity index (χ1n) is 8.39. The van der Waals surface area contributed by atoms with E-state index >= 15 is 0 Å². The molecule has 2 rings (SSSR count). The highest BCUT2D eigenvalue weighted by Crippen LogP contribution is 2.24. The van der Waals surface area contributed by atoms with Crippen LogP contribution in [0.15, 0.2) is 53.0 Å². The minimum atomic E-state index is -0.221. The molecule has 2 amide bonds. The number of hydrogen-bond donors (Lipinski definition) is 2. The topological polar surface area (TPSA) is 50.4 Å². The predicted octanol–water partition coefficient (Wildman–Crippen LogP) is 5.34. The molecular formula is C20H25BrN2O2. The summed E-state index contributed by atoms with van der Waals surface area (Å²) in [7, 11) is 0. The molecule has 0 aliphatic heterocycles. The Morgan fingerprint density at radius 2 is 1.76 bits per heavy atom. The van der Waals surface area contributed by atoms with Crippen LogP contribution in [0.2, 0.25) is 0 Å². The fourth-order valence-corrected chi connectivity index (χ4v) is 2.63. The summed E-state index contributed by atoms with van der Waals surface area (Å²) in [6.07, 6.45) is 0.740. The van der Waals surface area contributed by atoms with Crippen molar-refractivity contribution in [1.82, 2.24) is 5.32 Å². The number of nitrogens with one attached hydrogen (secondary N) is 2. The van der Waals surface area contributed by atoms with Gasteiger partial charge in [0.2, 0.25) is 0 Å². The molecule has 0 spiro atoms. The van der Waals surface area contributed by atoms with E-state index in [1.165, 1.54) is 5.56 Å². The minimum absolute atomic E-state index is 0.142. The highest BCUT2D eigenvalue weighted by molar-refractivity contribution is 9.10. The van der Waals surface area contributed by atoms with Gasteiger partial charge in [-0.2, -0.15) is 0 Å². The van der Waals surface area contributed by atoms with Crippen molar-refractivity contribution in [2.24, 2.45) is 0 Å². The third-order valence-electron chi connectivity index (χ3n) is 3.72. The largest absolute Gasteiger partial charge is 0.494 e. The first-order chi connectivity index (χ1) is 11.9. The lowest BCUT2D eigenvalue weighted by atomic mass is 9.87. The van der Waals surface area contributed by atoms with Crippen molar-refractivity contribution < 1.29 is 9.53 Å². The van der Waals surface area contributed by atoms with E-state index in [0.29, 0.717) is 13.2 Å². The summed E-state index contributed by atoms with van der Waals surface area (Å²) in [5.41, 5.74) is 2.17. The van der Waals surface area contributed by atoms with E-state index in [1.54, 1.807) is 0 Å². The average Bonchev–Trinajstić information content (AvgIpc) is 2.56. The minimum Gasteiger partial charge on any atom is -0.494 e. The highest BCUT2D eigenvalue weighted by atomic mass is 79.9. The summed E-state index contributed by atoms with van der Waals surface area (Å²) in [4.78, 5) is 11.8. The van der Waals surface area contributed by atoms with Crippen molar-refractivity contribution in [3.63, 3.8) is 0 Å². The van der Waals surface area contributed by atoms with Crippen LogP contribution in [0.1, 0.15) is 32.8 Å². The molecule has 0 unspecified atom stereocenters. The molecule has 0 fully saturated rings. The van der Waals surface area contributed by atoms with Crippen LogP contribution in [-0.4, -0.2) is 19.2 Å². The SMILES string of the molecule is CC(C)(C)c1ccc(OCCCNC(=O)Nc2ccccc2Br)cc1. The zero-order valence-electron chi connectivity index (χ0n) is 14.9. The van der Waals surface area contributed by atoms with Gasteiger partial charge in [-0.3, -0.25) is 0 Å². The van der Waals surface area contributed by atoms with Crippen molar-refractivity contribution in [3.05, 3.63) is 58.6 Å². The third kappa shape index (κ3) is 6.42. The van der Waals surface area contributed by atoms with E-state index in [4.69, 9.17) is 4.74 Å². The molecule has 5 heteroatoms. The van der Waals surface area contributed by atoms with Gasteiger partial charge in [0, 0.05) is 11.0 Å². The smallest absolute Gasteiger partial charge is 0.319 e. The Morgan fingerprint density at radius 1 is 1.08 bits per heavy atom. The molecule has 0 bridgehead atoms. The lowest BCUT2D eigenvalue weighted by molar-refractivity contribution is 0.250. The van der Waals surface area contributed by atoms with E-state index in [-0.39, 0.29) is 11.4 Å². The number of benzene rings is 2. The lowest BCUT2D eigenvalue weighted by Gasteiger charge is -2.19. The van der Waals surface area contributed by atoms with E-state index in [2.05, 4.69) is 59.5 Å².